The van der Waals surface area contributed by atoms with Gasteiger partial charge in [0.15, 0.2) is 0 Å². The van der Waals surface area contributed by atoms with E-state index in [2.05, 4.69) is 26.2 Å². The molecule has 0 saturated carbocycles. The van der Waals surface area contributed by atoms with Gasteiger partial charge in [0.2, 0.25) is 5.91 Å². The number of H-pyrrole nitrogens is 1. The molecule has 0 aliphatic carbocycles. The highest BCUT2D eigenvalue weighted by molar-refractivity contribution is 9.10. The van der Waals surface area contributed by atoms with E-state index in [-0.39, 0.29) is 11.9 Å². The fourth-order valence-electron chi connectivity index (χ4n) is 3.40. The molecule has 29 heavy (non-hydrogen) atoms. The fraction of sp³-hybridized carbons (Fsp3) is 0.217. The number of ether oxygens (including phenoxy) is 1. The van der Waals surface area contributed by atoms with Crippen molar-refractivity contribution in [2.24, 2.45) is 0 Å². The van der Waals surface area contributed by atoms with Gasteiger partial charge in [0.05, 0.1) is 18.6 Å². The van der Waals surface area contributed by atoms with Crippen LogP contribution in [0.4, 0.5) is 5.69 Å². The smallest absolute Gasteiger partial charge is 0.340 e. The number of esters is 1. The Morgan fingerprint density at radius 1 is 1.10 bits per heavy atom. The molecule has 0 bridgehead atoms. The van der Waals surface area contributed by atoms with Gasteiger partial charge in [-0.1, -0.05) is 46.3 Å². The number of aromatic nitrogens is 1. The van der Waals surface area contributed by atoms with Crippen LogP contribution >= 0.6 is 15.9 Å². The molecular formula is C23H23BrN2O3. The van der Waals surface area contributed by atoms with Crippen molar-refractivity contribution in [3.63, 3.8) is 0 Å². The number of carbonyl (C=O) groups excluding carboxylic acids is 2. The molecule has 0 radical (unpaired) electrons. The first-order valence-corrected chi connectivity index (χ1v) is 10.2. The van der Waals surface area contributed by atoms with Crippen molar-refractivity contribution in [3.05, 3.63) is 75.5 Å². The SMILES string of the molecule is CCOC(=O)c1c(C)[nH]c(C)c1-c1ccccc1.O=C1Cc2cc(Br)ccc2N1. The highest BCUT2D eigenvalue weighted by Gasteiger charge is 2.21. The number of fused-ring (bicyclic) bond motifs is 1. The number of aromatic amines is 1. The Morgan fingerprint density at radius 2 is 1.83 bits per heavy atom. The lowest BCUT2D eigenvalue weighted by molar-refractivity contribution is -0.115. The zero-order valence-electron chi connectivity index (χ0n) is 16.6. The molecular weight excluding hydrogens is 432 g/mol. The van der Waals surface area contributed by atoms with Crippen molar-refractivity contribution < 1.29 is 14.3 Å². The van der Waals surface area contributed by atoms with Crippen LogP contribution < -0.4 is 5.32 Å². The maximum atomic E-state index is 12.0. The van der Waals surface area contributed by atoms with E-state index in [0.717, 1.165) is 38.2 Å². The Balaban J connectivity index is 0.000000186. The van der Waals surface area contributed by atoms with Gasteiger partial charge in [-0.2, -0.15) is 0 Å². The zero-order chi connectivity index (χ0) is 21.0. The topological polar surface area (TPSA) is 71.2 Å². The minimum atomic E-state index is -0.266. The summed E-state index contributed by atoms with van der Waals surface area (Å²) in [7, 11) is 0. The Labute approximate surface area is 178 Å². The lowest BCUT2D eigenvalue weighted by atomic mass is 10.0. The summed E-state index contributed by atoms with van der Waals surface area (Å²) in [4.78, 5) is 26.1. The first kappa shape index (κ1) is 20.9. The molecule has 1 aromatic heterocycles. The Kier molecular flexibility index (Phi) is 6.54. The van der Waals surface area contributed by atoms with Crippen molar-refractivity contribution in [2.45, 2.75) is 27.2 Å². The van der Waals surface area contributed by atoms with Gasteiger partial charge < -0.3 is 15.0 Å². The molecule has 150 valence electrons. The summed E-state index contributed by atoms with van der Waals surface area (Å²) < 4.78 is 6.15. The van der Waals surface area contributed by atoms with Crippen LogP contribution in [0.5, 0.6) is 0 Å². The van der Waals surface area contributed by atoms with Crippen molar-refractivity contribution in [2.75, 3.05) is 11.9 Å². The molecule has 2 aromatic carbocycles. The third-order valence-corrected chi connectivity index (χ3v) is 5.10. The van der Waals surface area contributed by atoms with E-state index in [1.807, 2.05) is 69.3 Å². The number of anilines is 1. The predicted molar refractivity (Wildman–Crippen MR) is 118 cm³/mol. The van der Waals surface area contributed by atoms with E-state index in [9.17, 15) is 9.59 Å². The van der Waals surface area contributed by atoms with Crippen LogP contribution in [0, 0.1) is 13.8 Å². The molecule has 2 heterocycles. The average Bonchev–Trinajstić information content (AvgIpc) is 3.20. The molecule has 0 spiro atoms. The molecule has 0 saturated heterocycles. The summed E-state index contributed by atoms with van der Waals surface area (Å²) in [5, 5.41) is 2.76. The largest absolute Gasteiger partial charge is 0.462 e. The lowest BCUT2D eigenvalue weighted by Gasteiger charge is -2.06. The molecule has 2 N–H and O–H groups in total. The number of aryl methyl sites for hydroxylation is 2. The molecule has 5 nitrogen and oxygen atoms in total. The standard InChI is InChI=1S/C15H17NO2.C8H6BrNO/c1-4-18-15(17)14-11(3)16-10(2)13(14)12-8-6-5-7-9-12;9-6-1-2-7-5(3-6)4-8(11)10-7/h5-9,16H,4H2,1-3H3;1-3H,4H2,(H,10,11). The number of hydrogen-bond donors (Lipinski definition) is 2. The van der Waals surface area contributed by atoms with Crippen molar-refractivity contribution in [3.8, 4) is 11.1 Å². The van der Waals surface area contributed by atoms with Crippen molar-refractivity contribution in [1.82, 2.24) is 4.98 Å². The third-order valence-electron chi connectivity index (χ3n) is 4.61. The molecule has 1 aliphatic rings. The van der Waals surface area contributed by atoms with E-state index < -0.39 is 0 Å². The quantitative estimate of drug-likeness (QED) is 0.519. The molecule has 0 fully saturated rings. The van der Waals surface area contributed by atoms with Crippen LogP contribution in [-0.4, -0.2) is 23.5 Å². The number of nitrogens with one attached hydrogen (secondary N) is 2. The summed E-state index contributed by atoms with van der Waals surface area (Å²) in [6.07, 6.45) is 0.509. The fourth-order valence-corrected chi connectivity index (χ4v) is 3.81. The maximum absolute atomic E-state index is 12.0. The lowest BCUT2D eigenvalue weighted by Crippen LogP contribution is -2.06. The molecule has 0 atom stereocenters. The summed E-state index contributed by atoms with van der Waals surface area (Å²) in [5.74, 6) is -0.184. The molecule has 1 amide bonds. The molecule has 1 aliphatic heterocycles. The van der Waals surface area contributed by atoms with Gasteiger partial charge in [-0.15, -0.1) is 0 Å². The number of hydrogen-bond acceptors (Lipinski definition) is 3. The van der Waals surface area contributed by atoms with Crippen LogP contribution in [0.2, 0.25) is 0 Å². The average molecular weight is 455 g/mol. The molecule has 3 aromatic rings. The summed E-state index contributed by atoms with van der Waals surface area (Å²) in [5.41, 5.74) is 6.46. The number of carbonyl (C=O) groups is 2. The van der Waals surface area contributed by atoms with Crippen LogP contribution in [-0.2, 0) is 16.0 Å². The van der Waals surface area contributed by atoms with E-state index >= 15 is 0 Å². The maximum Gasteiger partial charge on any atom is 0.340 e. The number of rotatable bonds is 3. The second-order valence-electron chi connectivity index (χ2n) is 6.74. The second kappa shape index (κ2) is 9.09. The normalized spacial score (nSPS) is 11.9. The van der Waals surface area contributed by atoms with Gasteiger partial charge in [-0.25, -0.2) is 4.79 Å². The van der Waals surface area contributed by atoms with Crippen molar-refractivity contribution in [1.29, 1.82) is 0 Å². The minimum absolute atomic E-state index is 0.0816. The highest BCUT2D eigenvalue weighted by atomic mass is 79.9. The molecule has 0 unspecified atom stereocenters. The van der Waals surface area contributed by atoms with Crippen LogP contribution in [0.15, 0.2) is 53.0 Å². The summed E-state index contributed by atoms with van der Waals surface area (Å²) >= 11 is 3.35. The van der Waals surface area contributed by atoms with Crippen LogP contribution in [0.3, 0.4) is 0 Å². The van der Waals surface area contributed by atoms with Gasteiger partial charge in [0.1, 0.15) is 0 Å². The zero-order valence-corrected chi connectivity index (χ0v) is 18.2. The van der Waals surface area contributed by atoms with Gasteiger partial charge in [-0.3, -0.25) is 4.79 Å². The second-order valence-corrected chi connectivity index (χ2v) is 7.65. The summed E-state index contributed by atoms with van der Waals surface area (Å²) in [6.45, 7) is 6.06. The Bertz CT molecular complexity index is 1040. The van der Waals surface area contributed by atoms with Gasteiger partial charge in [-0.05, 0) is 50.1 Å². The Morgan fingerprint density at radius 3 is 2.52 bits per heavy atom. The minimum Gasteiger partial charge on any atom is -0.462 e. The monoisotopic (exact) mass is 454 g/mol. The van der Waals surface area contributed by atoms with Gasteiger partial charge >= 0.3 is 5.97 Å². The van der Waals surface area contributed by atoms with Crippen LogP contribution in [0.1, 0.15) is 34.2 Å². The van der Waals surface area contributed by atoms with Gasteiger partial charge in [0, 0.05) is 27.1 Å². The van der Waals surface area contributed by atoms with Crippen molar-refractivity contribution >= 4 is 33.5 Å². The molecule has 4 rings (SSSR count). The van der Waals surface area contributed by atoms with E-state index in [1.165, 1.54) is 0 Å². The van der Waals surface area contributed by atoms with E-state index in [4.69, 9.17) is 4.74 Å². The number of benzene rings is 2. The van der Waals surface area contributed by atoms with E-state index in [0.29, 0.717) is 18.6 Å². The van der Waals surface area contributed by atoms with Crippen LogP contribution in [0.25, 0.3) is 11.1 Å². The van der Waals surface area contributed by atoms with E-state index in [1.54, 1.807) is 0 Å². The third kappa shape index (κ3) is 4.77. The first-order chi connectivity index (χ1) is 13.9. The number of amides is 1. The Hall–Kier alpha value is -2.86. The highest BCUT2D eigenvalue weighted by Crippen LogP contribution is 2.30. The van der Waals surface area contributed by atoms with Gasteiger partial charge in [0.25, 0.3) is 0 Å². The number of halogens is 1. The molecule has 6 heteroatoms. The summed E-state index contributed by atoms with van der Waals surface area (Å²) in [6, 6.07) is 15.7. The predicted octanol–water partition coefficient (Wildman–Crippen LogP) is 5.42. The first-order valence-electron chi connectivity index (χ1n) is 9.40.